The summed E-state index contributed by atoms with van der Waals surface area (Å²) in [5.41, 5.74) is 3.05. The molecule has 0 atom stereocenters. The molecular formula is C21H19BrN2O3S. The van der Waals surface area contributed by atoms with Crippen molar-refractivity contribution in [1.29, 1.82) is 0 Å². The minimum Gasteiger partial charge on any atom is -0.496 e. The smallest absolute Gasteiger partial charge is 0.230 e. The predicted molar refractivity (Wildman–Crippen MR) is 115 cm³/mol. The molecule has 0 unspecified atom stereocenters. The average Bonchev–Trinajstić information content (AvgIpc) is 3.02. The second kappa shape index (κ2) is 8.67. The highest BCUT2D eigenvalue weighted by molar-refractivity contribution is 9.10. The summed E-state index contributed by atoms with van der Waals surface area (Å²) >= 11 is 4.86. The maximum absolute atomic E-state index is 12.5. The zero-order valence-corrected chi connectivity index (χ0v) is 18.1. The Morgan fingerprint density at radius 3 is 2.54 bits per heavy atom. The molecule has 1 N–H and O–H groups in total. The third-order valence-electron chi connectivity index (χ3n) is 4.20. The van der Waals surface area contributed by atoms with Gasteiger partial charge in [0, 0.05) is 26.0 Å². The van der Waals surface area contributed by atoms with Crippen LogP contribution in [0.2, 0.25) is 0 Å². The van der Waals surface area contributed by atoms with Crippen LogP contribution < -0.4 is 10.1 Å². The van der Waals surface area contributed by atoms with Crippen molar-refractivity contribution in [2.45, 2.75) is 20.3 Å². The lowest BCUT2D eigenvalue weighted by Crippen LogP contribution is -2.15. The highest BCUT2D eigenvalue weighted by Gasteiger charge is 2.15. The van der Waals surface area contributed by atoms with Gasteiger partial charge in [0.15, 0.2) is 10.9 Å². The molecule has 1 heterocycles. The van der Waals surface area contributed by atoms with Gasteiger partial charge >= 0.3 is 0 Å². The van der Waals surface area contributed by atoms with Gasteiger partial charge in [-0.05, 0) is 44.2 Å². The molecule has 0 spiro atoms. The fraction of sp³-hybridized carbons (Fsp3) is 0.190. The van der Waals surface area contributed by atoms with Crippen LogP contribution in [-0.2, 0) is 11.2 Å². The number of aryl methyl sites for hydroxylation is 1. The molecule has 0 aliphatic carbocycles. The number of ether oxygens (including phenoxy) is 1. The summed E-state index contributed by atoms with van der Waals surface area (Å²) in [5, 5.41) is 3.40. The van der Waals surface area contributed by atoms with E-state index in [1.807, 2.05) is 31.2 Å². The number of benzene rings is 2. The van der Waals surface area contributed by atoms with Crippen molar-refractivity contribution in [3.8, 4) is 17.0 Å². The molecule has 5 nitrogen and oxygen atoms in total. The van der Waals surface area contributed by atoms with Gasteiger partial charge in [-0.2, -0.15) is 0 Å². The average molecular weight is 459 g/mol. The minimum absolute atomic E-state index is 0.0565. The lowest BCUT2D eigenvalue weighted by atomic mass is 10.0. The van der Waals surface area contributed by atoms with Gasteiger partial charge in [-0.25, -0.2) is 4.98 Å². The molecule has 0 saturated heterocycles. The van der Waals surface area contributed by atoms with Crippen molar-refractivity contribution in [3.63, 3.8) is 0 Å². The van der Waals surface area contributed by atoms with E-state index in [4.69, 9.17) is 4.74 Å². The zero-order chi connectivity index (χ0) is 20.3. The molecule has 144 valence electrons. The van der Waals surface area contributed by atoms with Gasteiger partial charge in [-0.1, -0.05) is 28.1 Å². The number of hydrogen-bond donors (Lipinski definition) is 1. The first-order chi connectivity index (χ1) is 13.4. The van der Waals surface area contributed by atoms with Gasteiger partial charge in [0.25, 0.3) is 0 Å². The summed E-state index contributed by atoms with van der Waals surface area (Å²) < 4.78 is 6.31. The number of thiazole rings is 1. The first-order valence-corrected chi connectivity index (χ1v) is 10.2. The standard InChI is InChI=1S/C21H19BrN2O3S/c1-12(25)15-6-9-18(27-3)16(10-15)11-19(26)23-21-24-20(13(2)28-21)14-4-7-17(22)8-5-14/h4-10H,11H2,1-3H3,(H,23,24,26). The summed E-state index contributed by atoms with van der Waals surface area (Å²) in [7, 11) is 1.54. The van der Waals surface area contributed by atoms with Gasteiger partial charge < -0.3 is 10.1 Å². The quantitative estimate of drug-likeness (QED) is 0.510. The van der Waals surface area contributed by atoms with Crippen LogP contribution in [0.15, 0.2) is 46.9 Å². The van der Waals surface area contributed by atoms with Crippen molar-refractivity contribution in [1.82, 2.24) is 4.98 Å². The maximum Gasteiger partial charge on any atom is 0.230 e. The van der Waals surface area contributed by atoms with E-state index in [9.17, 15) is 9.59 Å². The van der Waals surface area contributed by atoms with Crippen LogP contribution in [0.1, 0.15) is 27.7 Å². The van der Waals surface area contributed by atoms with Crippen LogP contribution >= 0.6 is 27.3 Å². The molecule has 0 aliphatic heterocycles. The maximum atomic E-state index is 12.5. The Labute approximate surface area is 175 Å². The number of nitrogens with zero attached hydrogens (tertiary/aromatic N) is 1. The van der Waals surface area contributed by atoms with Crippen LogP contribution in [0, 0.1) is 6.92 Å². The number of nitrogens with one attached hydrogen (secondary N) is 1. The minimum atomic E-state index is -0.213. The molecule has 2 aromatic carbocycles. The van der Waals surface area contributed by atoms with E-state index in [1.165, 1.54) is 18.3 Å². The van der Waals surface area contributed by atoms with Crippen molar-refractivity contribution in [3.05, 3.63) is 62.9 Å². The molecule has 3 aromatic rings. The number of methoxy groups -OCH3 is 1. The number of carbonyl (C=O) groups excluding carboxylic acids is 2. The summed E-state index contributed by atoms with van der Waals surface area (Å²) in [6.45, 7) is 3.47. The number of Topliss-reactive ketones (excluding diaryl/α,β-unsaturated/α-hetero) is 1. The highest BCUT2D eigenvalue weighted by atomic mass is 79.9. The molecule has 0 bridgehead atoms. The number of aromatic nitrogens is 1. The Morgan fingerprint density at radius 2 is 1.89 bits per heavy atom. The SMILES string of the molecule is COc1ccc(C(C)=O)cc1CC(=O)Nc1nc(-c2ccc(Br)cc2)c(C)s1. The van der Waals surface area contributed by atoms with Crippen LogP contribution in [0.25, 0.3) is 11.3 Å². The fourth-order valence-corrected chi connectivity index (χ4v) is 3.91. The largest absolute Gasteiger partial charge is 0.496 e. The van der Waals surface area contributed by atoms with Crippen molar-refractivity contribution in [2.24, 2.45) is 0 Å². The lowest BCUT2D eigenvalue weighted by Gasteiger charge is -2.09. The van der Waals surface area contributed by atoms with Crippen LogP contribution in [0.5, 0.6) is 5.75 Å². The molecule has 7 heteroatoms. The number of halogens is 1. The Balaban J connectivity index is 1.77. The van der Waals surface area contributed by atoms with E-state index in [1.54, 1.807) is 25.3 Å². The first kappa shape index (κ1) is 20.2. The third-order valence-corrected chi connectivity index (χ3v) is 5.61. The highest BCUT2D eigenvalue weighted by Crippen LogP contribution is 2.31. The number of hydrogen-bond acceptors (Lipinski definition) is 5. The van der Waals surface area contributed by atoms with Crippen LogP contribution in [-0.4, -0.2) is 23.8 Å². The van der Waals surface area contributed by atoms with E-state index >= 15 is 0 Å². The summed E-state index contributed by atoms with van der Waals surface area (Å²) in [4.78, 5) is 29.7. The molecule has 3 rings (SSSR count). The second-order valence-electron chi connectivity index (χ2n) is 6.24. The molecule has 1 amide bonds. The zero-order valence-electron chi connectivity index (χ0n) is 15.7. The molecule has 1 aromatic heterocycles. The van der Waals surface area contributed by atoms with E-state index < -0.39 is 0 Å². The summed E-state index contributed by atoms with van der Waals surface area (Å²) in [5.74, 6) is 0.306. The Bertz CT molecular complexity index is 1030. The summed E-state index contributed by atoms with van der Waals surface area (Å²) in [6.07, 6.45) is 0.0938. The molecule has 28 heavy (non-hydrogen) atoms. The monoisotopic (exact) mass is 458 g/mol. The van der Waals surface area contributed by atoms with Gasteiger partial charge in [0.2, 0.25) is 5.91 Å². The Hall–Kier alpha value is -2.51. The third kappa shape index (κ3) is 4.66. The Morgan fingerprint density at radius 1 is 1.18 bits per heavy atom. The van der Waals surface area contributed by atoms with Crippen molar-refractivity contribution in [2.75, 3.05) is 12.4 Å². The second-order valence-corrected chi connectivity index (χ2v) is 8.36. The van der Waals surface area contributed by atoms with Crippen LogP contribution in [0.4, 0.5) is 5.13 Å². The van der Waals surface area contributed by atoms with Gasteiger partial charge in [-0.15, -0.1) is 11.3 Å². The summed E-state index contributed by atoms with van der Waals surface area (Å²) in [6, 6.07) is 13.0. The van der Waals surface area contributed by atoms with Gasteiger partial charge in [0.05, 0.1) is 19.2 Å². The normalized spacial score (nSPS) is 10.6. The van der Waals surface area contributed by atoms with Gasteiger partial charge in [0.1, 0.15) is 5.75 Å². The van der Waals surface area contributed by atoms with Gasteiger partial charge in [-0.3, -0.25) is 9.59 Å². The van der Waals surface area contributed by atoms with Crippen molar-refractivity contribution < 1.29 is 14.3 Å². The number of ketones is 1. The number of amides is 1. The topological polar surface area (TPSA) is 68.3 Å². The fourth-order valence-electron chi connectivity index (χ4n) is 2.80. The van der Waals surface area contributed by atoms with E-state index in [0.29, 0.717) is 22.0 Å². The van der Waals surface area contributed by atoms with Crippen LogP contribution in [0.3, 0.4) is 0 Å². The van der Waals surface area contributed by atoms with Crippen molar-refractivity contribution >= 4 is 44.1 Å². The molecule has 0 saturated carbocycles. The van der Waals surface area contributed by atoms with E-state index in [2.05, 4.69) is 26.2 Å². The Kier molecular flexibility index (Phi) is 6.26. The van der Waals surface area contributed by atoms with E-state index in [0.717, 1.165) is 20.6 Å². The molecular weight excluding hydrogens is 440 g/mol. The number of anilines is 1. The number of rotatable bonds is 6. The molecule has 0 aliphatic rings. The number of carbonyl (C=O) groups is 2. The first-order valence-electron chi connectivity index (χ1n) is 8.58. The predicted octanol–water partition coefficient (Wildman–Crippen LogP) is 5.27. The molecule has 0 radical (unpaired) electrons. The molecule has 0 fully saturated rings. The van der Waals surface area contributed by atoms with E-state index in [-0.39, 0.29) is 18.1 Å². The lowest BCUT2D eigenvalue weighted by molar-refractivity contribution is -0.115.